The first-order valence-electron chi connectivity index (χ1n) is 5.87. The lowest BCUT2D eigenvalue weighted by atomic mass is 10.1. The topological polar surface area (TPSA) is 56.0 Å². The van der Waals surface area contributed by atoms with Gasteiger partial charge in [0.2, 0.25) is 0 Å². The number of carbonyl (C=O) groups excluding carboxylic acids is 1. The highest BCUT2D eigenvalue weighted by Crippen LogP contribution is 2.06. The molecule has 0 aliphatic rings. The molecule has 2 rings (SSSR count). The van der Waals surface area contributed by atoms with Crippen LogP contribution in [0.4, 0.5) is 4.39 Å². The van der Waals surface area contributed by atoms with Gasteiger partial charge in [-0.15, -0.1) is 0 Å². The van der Waals surface area contributed by atoms with Crippen molar-refractivity contribution >= 4 is 5.91 Å². The summed E-state index contributed by atoms with van der Waals surface area (Å²) in [5.74, 6) is -0.555. The van der Waals surface area contributed by atoms with Crippen molar-refractivity contribution in [3.05, 3.63) is 70.9 Å². The number of rotatable bonds is 4. The lowest BCUT2D eigenvalue weighted by Crippen LogP contribution is -2.28. The number of halogens is 1. The van der Waals surface area contributed by atoms with Crippen molar-refractivity contribution < 1.29 is 13.9 Å². The van der Waals surface area contributed by atoms with Crippen LogP contribution in [0.2, 0.25) is 0 Å². The summed E-state index contributed by atoms with van der Waals surface area (Å²) in [5.41, 5.74) is 0.967. The third kappa shape index (κ3) is 3.51. The van der Waals surface area contributed by atoms with E-state index in [1.165, 1.54) is 30.6 Å². The number of nitrogens with one attached hydrogen (secondary N) is 1. The molecular formula is C14H13FN2O2. The first-order valence-corrected chi connectivity index (χ1v) is 5.87. The Hall–Kier alpha value is -2.43. The molecule has 98 valence electrons. The van der Waals surface area contributed by atoms with Crippen molar-refractivity contribution in [1.29, 1.82) is 0 Å². The van der Waals surface area contributed by atoms with Crippen LogP contribution in [-0.4, -0.2) is 12.5 Å². The van der Waals surface area contributed by atoms with E-state index in [0.29, 0.717) is 28.8 Å². The predicted octanol–water partition coefficient (Wildman–Crippen LogP) is 1.43. The van der Waals surface area contributed by atoms with Gasteiger partial charge in [0.25, 0.3) is 5.91 Å². The second-order valence-corrected chi connectivity index (χ2v) is 4.04. The number of benzene rings is 1. The zero-order chi connectivity index (χ0) is 13.7. The first kappa shape index (κ1) is 13.0. The van der Waals surface area contributed by atoms with Crippen LogP contribution in [0.1, 0.15) is 15.9 Å². The molecular weight excluding hydrogens is 247 g/mol. The summed E-state index contributed by atoms with van der Waals surface area (Å²) in [5, 5.41) is 13.5. The molecule has 0 aliphatic carbocycles. The Morgan fingerprint density at radius 1 is 1.21 bits per heavy atom. The van der Waals surface area contributed by atoms with E-state index in [1.807, 2.05) is 0 Å². The fourth-order valence-electron chi connectivity index (χ4n) is 1.68. The molecule has 0 radical (unpaired) electrons. The highest BCUT2D eigenvalue weighted by molar-refractivity contribution is 5.93. The summed E-state index contributed by atoms with van der Waals surface area (Å²) in [4.78, 5) is 11.7. The molecule has 2 aromatic rings. The van der Waals surface area contributed by atoms with Gasteiger partial charge in [-0.25, -0.2) is 4.39 Å². The monoisotopic (exact) mass is 260 g/mol. The van der Waals surface area contributed by atoms with E-state index in [4.69, 9.17) is 0 Å². The molecule has 0 saturated heterocycles. The molecule has 0 atom stereocenters. The van der Waals surface area contributed by atoms with Crippen molar-refractivity contribution in [3.63, 3.8) is 0 Å². The molecule has 0 saturated carbocycles. The molecule has 0 fully saturated rings. The zero-order valence-electron chi connectivity index (χ0n) is 10.2. The highest BCUT2D eigenvalue weighted by Gasteiger charge is 2.06. The van der Waals surface area contributed by atoms with Crippen molar-refractivity contribution in [2.45, 2.75) is 6.42 Å². The maximum absolute atomic E-state index is 13.3. The Morgan fingerprint density at radius 3 is 2.58 bits per heavy atom. The van der Waals surface area contributed by atoms with E-state index in [9.17, 15) is 14.4 Å². The third-order valence-electron chi connectivity index (χ3n) is 2.70. The van der Waals surface area contributed by atoms with Crippen molar-refractivity contribution in [1.82, 2.24) is 5.32 Å². The quantitative estimate of drug-likeness (QED) is 0.668. The average Bonchev–Trinajstić information content (AvgIpc) is 2.41. The molecule has 5 heteroatoms. The standard InChI is InChI=1S/C14H13FN2O2/c15-13-4-2-1-3-11(13)5-8-16-14(18)12-6-9-17(19)10-7-12/h1-4,6-7,9-10H,5,8H2,(H,16,18). The number of hydrogen-bond acceptors (Lipinski definition) is 2. The smallest absolute Gasteiger partial charge is 0.251 e. The molecule has 0 unspecified atom stereocenters. The largest absolute Gasteiger partial charge is 0.619 e. The van der Waals surface area contributed by atoms with Crippen molar-refractivity contribution in [3.8, 4) is 0 Å². The van der Waals surface area contributed by atoms with Crippen LogP contribution < -0.4 is 10.0 Å². The van der Waals surface area contributed by atoms with Gasteiger partial charge in [0, 0.05) is 18.7 Å². The minimum Gasteiger partial charge on any atom is -0.619 e. The number of aromatic nitrogens is 1. The summed E-state index contributed by atoms with van der Waals surface area (Å²) < 4.78 is 13.9. The third-order valence-corrected chi connectivity index (χ3v) is 2.70. The van der Waals surface area contributed by atoms with Gasteiger partial charge in [0.05, 0.1) is 5.56 Å². The predicted molar refractivity (Wildman–Crippen MR) is 67.8 cm³/mol. The van der Waals surface area contributed by atoms with Crippen LogP contribution in [0, 0.1) is 11.0 Å². The number of carbonyl (C=O) groups is 1. The zero-order valence-corrected chi connectivity index (χ0v) is 10.2. The van der Waals surface area contributed by atoms with Gasteiger partial charge in [-0.3, -0.25) is 4.79 Å². The molecule has 1 heterocycles. The van der Waals surface area contributed by atoms with Gasteiger partial charge < -0.3 is 10.5 Å². The molecule has 1 aromatic heterocycles. The SMILES string of the molecule is O=C(NCCc1ccccc1F)c1cc[n+]([O-])cc1. The fraction of sp³-hybridized carbons (Fsp3) is 0.143. The maximum Gasteiger partial charge on any atom is 0.251 e. The van der Waals surface area contributed by atoms with E-state index in [-0.39, 0.29) is 11.7 Å². The van der Waals surface area contributed by atoms with Gasteiger partial charge in [0.1, 0.15) is 5.82 Å². The molecule has 0 bridgehead atoms. The van der Waals surface area contributed by atoms with Crippen LogP contribution >= 0.6 is 0 Å². The van der Waals surface area contributed by atoms with Crippen LogP contribution in [-0.2, 0) is 6.42 Å². The van der Waals surface area contributed by atoms with Gasteiger partial charge in [-0.05, 0) is 18.1 Å². The Balaban J connectivity index is 1.88. The van der Waals surface area contributed by atoms with E-state index < -0.39 is 0 Å². The van der Waals surface area contributed by atoms with Gasteiger partial charge in [-0.1, -0.05) is 18.2 Å². The minimum atomic E-state index is -0.281. The van der Waals surface area contributed by atoms with Crippen molar-refractivity contribution in [2.24, 2.45) is 0 Å². The Kier molecular flexibility index (Phi) is 4.07. The summed E-state index contributed by atoms with van der Waals surface area (Å²) >= 11 is 0. The van der Waals surface area contributed by atoms with Crippen LogP contribution in [0.25, 0.3) is 0 Å². The van der Waals surface area contributed by atoms with Crippen LogP contribution in [0.3, 0.4) is 0 Å². The summed E-state index contributed by atoms with van der Waals surface area (Å²) in [6.07, 6.45) is 2.93. The minimum absolute atomic E-state index is 0.274. The molecule has 1 amide bonds. The van der Waals surface area contributed by atoms with Gasteiger partial charge in [0.15, 0.2) is 12.4 Å². The fourth-order valence-corrected chi connectivity index (χ4v) is 1.68. The molecule has 1 N–H and O–H groups in total. The summed E-state index contributed by atoms with van der Waals surface area (Å²) in [6, 6.07) is 9.33. The van der Waals surface area contributed by atoms with E-state index in [1.54, 1.807) is 18.2 Å². The highest BCUT2D eigenvalue weighted by atomic mass is 19.1. The van der Waals surface area contributed by atoms with Crippen molar-refractivity contribution in [2.75, 3.05) is 6.54 Å². The summed E-state index contributed by atoms with van der Waals surface area (Å²) in [7, 11) is 0. The molecule has 1 aromatic carbocycles. The van der Waals surface area contributed by atoms with E-state index >= 15 is 0 Å². The molecule has 0 aliphatic heterocycles. The van der Waals surface area contributed by atoms with E-state index in [0.717, 1.165) is 0 Å². The normalized spacial score (nSPS) is 10.2. The first-order chi connectivity index (χ1) is 9.16. The Morgan fingerprint density at radius 2 is 1.89 bits per heavy atom. The maximum atomic E-state index is 13.3. The van der Waals surface area contributed by atoms with E-state index in [2.05, 4.69) is 5.32 Å². The van der Waals surface area contributed by atoms with Crippen LogP contribution in [0.15, 0.2) is 48.8 Å². The number of nitrogens with zero attached hydrogens (tertiary/aromatic N) is 1. The van der Waals surface area contributed by atoms with Crippen LogP contribution in [0.5, 0.6) is 0 Å². The lowest BCUT2D eigenvalue weighted by Gasteiger charge is -2.06. The molecule has 19 heavy (non-hydrogen) atoms. The second kappa shape index (κ2) is 5.95. The van der Waals surface area contributed by atoms with Gasteiger partial charge in [-0.2, -0.15) is 4.73 Å². The molecule has 0 spiro atoms. The summed E-state index contributed by atoms with van der Waals surface area (Å²) in [6.45, 7) is 0.339. The van der Waals surface area contributed by atoms with Gasteiger partial charge >= 0.3 is 0 Å². The Labute approximate surface area is 110 Å². The Bertz CT molecular complexity index is 570. The number of hydrogen-bond donors (Lipinski definition) is 1. The number of pyridine rings is 1. The average molecular weight is 260 g/mol. The number of amides is 1. The lowest BCUT2D eigenvalue weighted by molar-refractivity contribution is -0.605. The second-order valence-electron chi connectivity index (χ2n) is 4.04. The molecule has 4 nitrogen and oxygen atoms in total.